The summed E-state index contributed by atoms with van der Waals surface area (Å²) < 4.78 is 2.09. The molecule has 1 aromatic heterocycles. The van der Waals surface area contributed by atoms with E-state index in [4.69, 9.17) is 0 Å². The monoisotopic (exact) mass is 436 g/mol. The van der Waals surface area contributed by atoms with Crippen LogP contribution < -0.4 is 10.2 Å². The second-order valence-corrected chi connectivity index (χ2v) is 8.63. The van der Waals surface area contributed by atoms with Crippen molar-refractivity contribution in [1.82, 2.24) is 9.47 Å². The summed E-state index contributed by atoms with van der Waals surface area (Å²) in [5.41, 5.74) is 5.68. The van der Waals surface area contributed by atoms with Crippen molar-refractivity contribution in [3.8, 4) is 0 Å². The number of nitrogens with zero attached hydrogens (tertiary/aromatic N) is 3. The molecule has 164 valence electrons. The fraction of sp³-hybridized carbons (Fsp3) is 0.185. The number of carbonyl (C=O) groups is 2. The first-order valence-electron chi connectivity index (χ1n) is 11.2. The summed E-state index contributed by atoms with van der Waals surface area (Å²) in [5.74, 6) is -0.0445. The molecule has 3 aromatic carbocycles. The van der Waals surface area contributed by atoms with Crippen molar-refractivity contribution in [1.29, 1.82) is 0 Å². The lowest BCUT2D eigenvalue weighted by Gasteiger charge is -2.46. The topological polar surface area (TPSA) is 57.6 Å². The first-order valence-corrected chi connectivity index (χ1v) is 11.2. The van der Waals surface area contributed by atoms with Crippen LogP contribution >= 0.6 is 0 Å². The molecule has 0 fully saturated rings. The van der Waals surface area contributed by atoms with E-state index in [2.05, 4.69) is 26.9 Å². The van der Waals surface area contributed by atoms with Crippen molar-refractivity contribution < 1.29 is 9.59 Å². The molecule has 0 radical (unpaired) electrons. The SMILES string of the molecule is CN1c2ccccc2C(=O)N2CCc3c(n(CC(=O)Nc4ccccc4)c4ccccc34)C21. The third kappa shape index (κ3) is 3.02. The average molecular weight is 437 g/mol. The van der Waals surface area contributed by atoms with Crippen LogP contribution in [-0.2, 0) is 17.8 Å². The van der Waals surface area contributed by atoms with E-state index in [9.17, 15) is 9.59 Å². The Morgan fingerprint density at radius 3 is 2.55 bits per heavy atom. The minimum Gasteiger partial charge on any atom is -0.349 e. The number of hydrogen-bond donors (Lipinski definition) is 1. The van der Waals surface area contributed by atoms with Gasteiger partial charge in [-0.2, -0.15) is 0 Å². The minimum absolute atomic E-state index is 0.0462. The lowest BCUT2D eigenvalue weighted by molar-refractivity contribution is -0.116. The Kier molecular flexibility index (Phi) is 4.47. The van der Waals surface area contributed by atoms with Crippen LogP contribution in [0.5, 0.6) is 0 Å². The van der Waals surface area contributed by atoms with Gasteiger partial charge in [-0.15, -0.1) is 0 Å². The van der Waals surface area contributed by atoms with Gasteiger partial charge in [0.2, 0.25) is 5.91 Å². The van der Waals surface area contributed by atoms with E-state index < -0.39 is 0 Å². The summed E-state index contributed by atoms with van der Waals surface area (Å²) in [6.45, 7) is 0.831. The van der Waals surface area contributed by atoms with Crippen LogP contribution in [-0.4, -0.2) is 34.9 Å². The molecule has 33 heavy (non-hydrogen) atoms. The molecule has 6 heteroatoms. The van der Waals surface area contributed by atoms with Gasteiger partial charge in [-0.3, -0.25) is 9.59 Å². The number of para-hydroxylation sites is 3. The molecular weight excluding hydrogens is 412 g/mol. The number of fused-ring (bicyclic) bond motifs is 6. The second kappa shape index (κ2) is 7.52. The molecular formula is C27H24N4O2. The van der Waals surface area contributed by atoms with Gasteiger partial charge in [0.05, 0.1) is 16.9 Å². The van der Waals surface area contributed by atoms with Crippen LogP contribution in [0.3, 0.4) is 0 Å². The van der Waals surface area contributed by atoms with Crippen LogP contribution in [0.1, 0.15) is 27.8 Å². The van der Waals surface area contributed by atoms with E-state index in [1.165, 1.54) is 5.56 Å². The largest absolute Gasteiger partial charge is 0.349 e. The van der Waals surface area contributed by atoms with E-state index in [0.717, 1.165) is 40.0 Å². The van der Waals surface area contributed by atoms with Crippen molar-refractivity contribution in [2.75, 3.05) is 23.8 Å². The van der Waals surface area contributed by atoms with Gasteiger partial charge >= 0.3 is 0 Å². The number of anilines is 2. The predicted molar refractivity (Wildman–Crippen MR) is 129 cm³/mol. The van der Waals surface area contributed by atoms with Gasteiger partial charge in [-0.25, -0.2) is 0 Å². The Bertz CT molecular complexity index is 1390. The van der Waals surface area contributed by atoms with Crippen LogP contribution in [0.25, 0.3) is 10.9 Å². The molecule has 6 nitrogen and oxygen atoms in total. The van der Waals surface area contributed by atoms with Crippen LogP contribution in [0, 0.1) is 0 Å². The highest BCUT2D eigenvalue weighted by molar-refractivity contribution is 6.03. The predicted octanol–water partition coefficient (Wildman–Crippen LogP) is 4.43. The molecule has 0 bridgehead atoms. The smallest absolute Gasteiger partial charge is 0.257 e. The number of benzene rings is 3. The second-order valence-electron chi connectivity index (χ2n) is 8.63. The molecule has 4 aromatic rings. The van der Waals surface area contributed by atoms with Crippen molar-refractivity contribution in [3.63, 3.8) is 0 Å². The van der Waals surface area contributed by atoms with Crippen molar-refractivity contribution in [3.05, 3.63) is 95.7 Å². The van der Waals surface area contributed by atoms with Crippen LogP contribution in [0.2, 0.25) is 0 Å². The fourth-order valence-electron chi connectivity index (χ4n) is 5.34. The highest BCUT2D eigenvalue weighted by Crippen LogP contribution is 2.44. The summed E-state index contributed by atoms with van der Waals surface area (Å²) >= 11 is 0. The lowest BCUT2D eigenvalue weighted by atomic mass is 9.96. The average Bonchev–Trinajstić information content (AvgIpc) is 3.16. The number of aromatic nitrogens is 1. The standard InChI is InChI=1S/C27H24N4O2/c1-29-22-13-7-6-12-21(22)27(33)30-16-15-20-19-11-5-8-14-23(19)31(25(20)26(29)30)17-24(32)28-18-9-3-2-4-10-18/h2-14,26H,15-17H2,1H3,(H,28,32). The zero-order chi connectivity index (χ0) is 22.5. The summed E-state index contributed by atoms with van der Waals surface area (Å²) in [5, 5.41) is 4.16. The number of nitrogens with one attached hydrogen (secondary N) is 1. The summed E-state index contributed by atoms with van der Waals surface area (Å²) in [4.78, 5) is 30.6. The fourth-order valence-corrected chi connectivity index (χ4v) is 5.34. The van der Waals surface area contributed by atoms with Gasteiger partial charge in [0.25, 0.3) is 5.91 Å². The molecule has 0 spiro atoms. The van der Waals surface area contributed by atoms with Gasteiger partial charge in [0.15, 0.2) is 0 Å². The molecule has 1 unspecified atom stereocenters. The summed E-state index contributed by atoms with van der Waals surface area (Å²) in [6.07, 6.45) is 0.509. The van der Waals surface area contributed by atoms with E-state index in [1.807, 2.05) is 78.7 Å². The lowest BCUT2D eigenvalue weighted by Crippen LogP contribution is -2.51. The van der Waals surface area contributed by atoms with Crippen LogP contribution in [0.15, 0.2) is 78.9 Å². The molecule has 6 rings (SSSR count). The Balaban J connectivity index is 1.48. The zero-order valence-electron chi connectivity index (χ0n) is 18.4. The molecule has 2 amide bonds. The molecule has 0 aliphatic carbocycles. The number of carbonyl (C=O) groups excluding carboxylic acids is 2. The number of amides is 2. The highest BCUT2D eigenvalue weighted by atomic mass is 16.2. The van der Waals surface area contributed by atoms with Gasteiger partial charge in [-0.05, 0) is 42.3 Å². The molecule has 1 N–H and O–H groups in total. The van der Waals surface area contributed by atoms with E-state index in [1.54, 1.807) is 0 Å². The van der Waals surface area contributed by atoms with Crippen molar-refractivity contribution >= 4 is 34.1 Å². The van der Waals surface area contributed by atoms with Crippen molar-refractivity contribution in [2.24, 2.45) is 0 Å². The van der Waals surface area contributed by atoms with Gasteiger partial charge < -0.3 is 19.7 Å². The molecule has 2 aliphatic rings. The normalized spacial score (nSPS) is 16.9. The molecule has 1 atom stereocenters. The zero-order valence-corrected chi connectivity index (χ0v) is 18.4. The quantitative estimate of drug-likeness (QED) is 0.517. The molecule has 0 saturated carbocycles. The Morgan fingerprint density at radius 1 is 0.970 bits per heavy atom. The first-order chi connectivity index (χ1) is 16.1. The molecule has 2 aliphatic heterocycles. The maximum atomic E-state index is 13.4. The maximum absolute atomic E-state index is 13.4. The van der Waals surface area contributed by atoms with Crippen LogP contribution in [0.4, 0.5) is 11.4 Å². The molecule has 0 saturated heterocycles. The van der Waals surface area contributed by atoms with Gasteiger partial charge in [0, 0.05) is 30.2 Å². The highest BCUT2D eigenvalue weighted by Gasteiger charge is 2.42. The Morgan fingerprint density at radius 2 is 1.70 bits per heavy atom. The van der Waals surface area contributed by atoms with E-state index >= 15 is 0 Å². The Hall–Kier alpha value is -4.06. The maximum Gasteiger partial charge on any atom is 0.257 e. The number of hydrogen-bond acceptors (Lipinski definition) is 3. The number of rotatable bonds is 3. The third-order valence-electron chi connectivity index (χ3n) is 6.76. The van der Waals surface area contributed by atoms with E-state index in [-0.39, 0.29) is 24.5 Å². The van der Waals surface area contributed by atoms with E-state index in [0.29, 0.717) is 6.54 Å². The Labute approximate surface area is 192 Å². The first kappa shape index (κ1) is 19.6. The third-order valence-corrected chi connectivity index (χ3v) is 6.76. The van der Waals surface area contributed by atoms with Gasteiger partial charge in [-0.1, -0.05) is 48.5 Å². The van der Waals surface area contributed by atoms with Crippen molar-refractivity contribution in [2.45, 2.75) is 19.1 Å². The van der Waals surface area contributed by atoms with Gasteiger partial charge in [0.1, 0.15) is 12.7 Å². The summed E-state index contributed by atoms with van der Waals surface area (Å²) in [7, 11) is 2.03. The molecule has 3 heterocycles. The minimum atomic E-state index is -0.256. The summed E-state index contributed by atoms with van der Waals surface area (Å²) in [6, 6.07) is 25.5.